The van der Waals surface area contributed by atoms with E-state index >= 15 is 0 Å². The number of benzene rings is 1. The third-order valence-electron chi connectivity index (χ3n) is 4.51. The van der Waals surface area contributed by atoms with E-state index in [0.717, 1.165) is 47.2 Å². The van der Waals surface area contributed by atoms with Crippen LogP contribution in [-0.4, -0.2) is 38.2 Å². The maximum atomic E-state index is 6.07. The van der Waals surface area contributed by atoms with Crippen molar-refractivity contribution >= 4 is 46.4 Å². The molecule has 0 bridgehead atoms. The van der Waals surface area contributed by atoms with E-state index in [2.05, 4.69) is 53.0 Å². The van der Waals surface area contributed by atoms with Crippen LogP contribution in [0.2, 0.25) is 0 Å². The highest BCUT2D eigenvalue weighted by Crippen LogP contribution is 2.31. The summed E-state index contributed by atoms with van der Waals surface area (Å²) in [4.78, 5) is 11.4. The molecule has 0 radical (unpaired) electrons. The molecule has 1 aromatic carbocycles. The molecule has 0 unspecified atom stereocenters. The fourth-order valence-electron chi connectivity index (χ4n) is 2.68. The number of aliphatic imine (C=N–C) groups is 1. The molecule has 1 heterocycles. The number of hydrogen-bond acceptors (Lipinski definition) is 5. The number of nitrogens with zero attached hydrogens (tertiary/aromatic N) is 3. The van der Waals surface area contributed by atoms with Crippen LogP contribution >= 0.6 is 35.3 Å². The second-order valence-electron chi connectivity index (χ2n) is 7.43. The van der Waals surface area contributed by atoms with Gasteiger partial charge in [-0.2, -0.15) is 0 Å². The summed E-state index contributed by atoms with van der Waals surface area (Å²) < 4.78 is 6.07. The lowest BCUT2D eigenvalue weighted by atomic mass is 10.1. The molecule has 0 aliphatic heterocycles. The number of halogens is 1. The lowest BCUT2D eigenvalue weighted by Crippen LogP contribution is -2.36. The lowest BCUT2D eigenvalue weighted by molar-refractivity contribution is 0.296. The van der Waals surface area contributed by atoms with Crippen molar-refractivity contribution < 1.29 is 4.74 Å². The number of aryl methyl sites for hydroxylation is 1. The molecule has 1 aliphatic carbocycles. The number of nitrogens with one attached hydrogen (secondary N) is 2. The first kappa shape index (κ1) is 23.7. The highest BCUT2D eigenvalue weighted by Gasteiger charge is 2.22. The van der Waals surface area contributed by atoms with Crippen molar-refractivity contribution in [1.29, 1.82) is 0 Å². The molecule has 160 valence electrons. The van der Waals surface area contributed by atoms with Crippen LogP contribution in [-0.2, 0) is 13.1 Å². The van der Waals surface area contributed by atoms with Crippen LogP contribution in [0.1, 0.15) is 36.6 Å². The summed E-state index contributed by atoms with van der Waals surface area (Å²) in [5.41, 5.74) is 3.35. The second kappa shape index (κ2) is 11.6. The molecule has 1 aliphatic rings. The summed E-state index contributed by atoms with van der Waals surface area (Å²) in [6.07, 6.45) is 2.58. The average molecular weight is 529 g/mol. The summed E-state index contributed by atoms with van der Waals surface area (Å²) in [6.45, 7) is 7.02. The van der Waals surface area contributed by atoms with Crippen LogP contribution in [0.4, 0.5) is 5.13 Å². The molecule has 2 N–H and O–H groups in total. The maximum Gasteiger partial charge on any atom is 0.191 e. The zero-order valence-electron chi connectivity index (χ0n) is 17.7. The van der Waals surface area contributed by atoms with E-state index in [1.54, 1.807) is 11.3 Å². The van der Waals surface area contributed by atoms with Gasteiger partial charge >= 0.3 is 0 Å². The summed E-state index contributed by atoms with van der Waals surface area (Å²) in [7, 11) is 4.01. The SMILES string of the molecule is CCNC(=NCc1ccc(C)cc1OCC1CC1)NCc1csc(N(C)C)n1.I. The number of hydrogen-bond donors (Lipinski definition) is 2. The standard InChI is InChI=1S/C21H31N5OS.HI/c1-5-22-20(24-12-18-14-28-21(25-18)26(3)4)23-11-17-9-6-15(2)10-19(17)27-13-16-7-8-16;/h6,9-10,14,16H,5,7-8,11-13H2,1-4H3,(H2,22,23,24);1H. The first-order valence-corrected chi connectivity index (χ1v) is 10.8. The van der Waals surface area contributed by atoms with E-state index in [4.69, 9.17) is 9.73 Å². The number of anilines is 1. The van der Waals surface area contributed by atoms with Crippen molar-refractivity contribution in [2.24, 2.45) is 10.9 Å². The quantitative estimate of drug-likeness (QED) is 0.290. The Morgan fingerprint density at radius 2 is 2.10 bits per heavy atom. The normalized spacial score (nSPS) is 13.6. The molecule has 8 heteroatoms. The Bertz CT molecular complexity index is 804. The molecule has 2 aromatic rings. The smallest absolute Gasteiger partial charge is 0.191 e. The molecule has 0 atom stereocenters. The van der Waals surface area contributed by atoms with E-state index in [1.165, 1.54) is 18.4 Å². The van der Waals surface area contributed by atoms with Crippen molar-refractivity contribution in [3.05, 3.63) is 40.4 Å². The Morgan fingerprint density at radius 3 is 2.76 bits per heavy atom. The second-order valence-corrected chi connectivity index (χ2v) is 8.27. The van der Waals surface area contributed by atoms with Gasteiger partial charge in [-0.3, -0.25) is 0 Å². The molecule has 1 saturated carbocycles. The number of rotatable bonds is 9. The van der Waals surface area contributed by atoms with Gasteiger partial charge in [0.1, 0.15) is 5.75 Å². The van der Waals surface area contributed by atoms with E-state index in [9.17, 15) is 0 Å². The third kappa shape index (κ3) is 7.65. The first-order valence-electron chi connectivity index (χ1n) is 9.91. The third-order valence-corrected chi connectivity index (χ3v) is 5.56. The van der Waals surface area contributed by atoms with Crippen molar-refractivity contribution in [3.8, 4) is 5.75 Å². The van der Waals surface area contributed by atoms with Crippen LogP contribution in [0, 0.1) is 12.8 Å². The highest BCUT2D eigenvalue weighted by atomic mass is 127. The summed E-state index contributed by atoms with van der Waals surface area (Å²) in [6, 6.07) is 6.35. The Labute approximate surface area is 195 Å². The van der Waals surface area contributed by atoms with E-state index < -0.39 is 0 Å². The van der Waals surface area contributed by atoms with Crippen LogP contribution in [0.5, 0.6) is 5.75 Å². The van der Waals surface area contributed by atoms with Gasteiger partial charge < -0.3 is 20.3 Å². The zero-order chi connectivity index (χ0) is 19.9. The van der Waals surface area contributed by atoms with Gasteiger partial charge in [0.05, 0.1) is 25.4 Å². The van der Waals surface area contributed by atoms with E-state index in [0.29, 0.717) is 13.1 Å². The summed E-state index contributed by atoms with van der Waals surface area (Å²) in [5.74, 6) is 2.48. The number of ether oxygens (including phenoxy) is 1. The van der Waals surface area contributed by atoms with Crippen molar-refractivity contribution in [1.82, 2.24) is 15.6 Å². The molecule has 1 aromatic heterocycles. The molecule has 1 fully saturated rings. The fourth-order valence-corrected chi connectivity index (χ4v) is 3.44. The number of aromatic nitrogens is 1. The largest absolute Gasteiger partial charge is 0.493 e. The topological polar surface area (TPSA) is 61.8 Å². The summed E-state index contributed by atoms with van der Waals surface area (Å²) in [5, 5.41) is 9.77. The van der Waals surface area contributed by atoms with Crippen LogP contribution in [0.15, 0.2) is 28.6 Å². The van der Waals surface area contributed by atoms with E-state index in [1.807, 2.05) is 19.0 Å². The maximum absolute atomic E-state index is 6.07. The van der Waals surface area contributed by atoms with Gasteiger partial charge in [-0.1, -0.05) is 12.1 Å². The molecule has 0 amide bonds. The molecule has 3 rings (SSSR count). The van der Waals surface area contributed by atoms with Gasteiger partial charge in [0, 0.05) is 31.6 Å². The first-order chi connectivity index (χ1) is 13.5. The molecule has 29 heavy (non-hydrogen) atoms. The average Bonchev–Trinajstić information content (AvgIpc) is 3.38. The van der Waals surface area contributed by atoms with Crippen LogP contribution in [0.3, 0.4) is 0 Å². The minimum absolute atomic E-state index is 0. The Hall–Kier alpha value is -1.55. The van der Waals surface area contributed by atoms with Crippen molar-refractivity contribution in [3.63, 3.8) is 0 Å². The Kier molecular flexibility index (Phi) is 9.48. The number of guanidine groups is 1. The van der Waals surface area contributed by atoms with Gasteiger partial charge in [0.25, 0.3) is 0 Å². The Morgan fingerprint density at radius 1 is 1.31 bits per heavy atom. The van der Waals surface area contributed by atoms with Crippen LogP contribution in [0.25, 0.3) is 0 Å². The van der Waals surface area contributed by atoms with Gasteiger partial charge in [-0.25, -0.2) is 9.98 Å². The molecule has 6 nitrogen and oxygen atoms in total. The molecular weight excluding hydrogens is 497 g/mol. The minimum atomic E-state index is 0. The fraction of sp³-hybridized carbons (Fsp3) is 0.524. The molecule has 0 saturated heterocycles. The highest BCUT2D eigenvalue weighted by molar-refractivity contribution is 14.0. The van der Waals surface area contributed by atoms with Gasteiger partial charge in [-0.05, 0) is 44.2 Å². The molecular formula is C21H32IN5OS. The van der Waals surface area contributed by atoms with Gasteiger partial charge in [0.15, 0.2) is 11.1 Å². The van der Waals surface area contributed by atoms with Gasteiger partial charge in [-0.15, -0.1) is 35.3 Å². The zero-order valence-corrected chi connectivity index (χ0v) is 20.8. The van der Waals surface area contributed by atoms with Crippen molar-refractivity contribution in [2.45, 2.75) is 39.8 Å². The molecule has 0 spiro atoms. The minimum Gasteiger partial charge on any atom is -0.493 e. The predicted octanol–water partition coefficient (Wildman–Crippen LogP) is 4.18. The predicted molar refractivity (Wildman–Crippen MR) is 133 cm³/mol. The lowest BCUT2D eigenvalue weighted by Gasteiger charge is -2.13. The van der Waals surface area contributed by atoms with E-state index in [-0.39, 0.29) is 24.0 Å². The van der Waals surface area contributed by atoms with Gasteiger partial charge in [0.2, 0.25) is 0 Å². The monoisotopic (exact) mass is 529 g/mol. The number of thiazole rings is 1. The Balaban J connectivity index is 0.00000300. The van der Waals surface area contributed by atoms with Crippen LogP contribution < -0.4 is 20.3 Å². The van der Waals surface area contributed by atoms with Crippen molar-refractivity contribution in [2.75, 3.05) is 32.1 Å². The summed E-state index contributed by atoms with van der Waals surface area (Å²) >= 11 is 1.65.